The van der Waals surface area contributed by atoms with Crippen molar-refractivity contribution in [3.8, 4) is 11.5 Å². The highest BCUT2D eigenvalue weighted by atomic mass is 35.5. The van der Waals surface area contributed by atoms with Crippen LogP contribution in [0.3, 0.4) is 0 Å². The van der Waals surface area contributed by atoms with Gasteiger partial charge in [0.05, 0.1) is 25.4 Å². The van der Waals surface area contributed by atoms with Gasteiger partial charge in [-0.15, -0.1) is 12.4 Å². The number of imidazole rings is 1. The van der Waals surface area contributed by atoms with E-state index in [0.717, 1.165) is 5.56 Å². The molecule has 0 saturated heterocycles. The van der Waals surface area contributed by atoms with Gasteiger partial charge in [-0.05, 0) is 29.8 Å². The molecule has 0 aliphatic carbocycles. The Hall–Kier alpha value is -2.61. The largest absolute Gasteiger partial charge is 0.497 e. The van der Waals surface area contributed by atoms with Crippen molar-refractivity contribution in [2.24, 2.45) is 0 Å². The van der Waals surface area contributed by atoms with E-state index in [1.54, 1.807) is 38.5 Å². The van der Waals surface area contributed by atoms with Crippen LogP contribution in [0, 0.1) is 0 Å². The van der Waals surface area contributed by atoms with Gasteiger partial charge in [-0.1, -0.05) is 6.07 Å². The van der Waals surface area contributed by atoms with Gasteiger partial charge in [0.2, 0.25) is 5.82 Å². The number of benzene rings is 2. The molecule has 0 amide bonds. The smallest absolute Gasteiger partial charge is 0.449 e. The number of aromatic amines is 1. The first kappa shape index (κ1) is 19.7. The number of hydrogen-bond acceptors (Lipinski definition) is 4. The van der Waals surface area contributed by atoms with E-state index in [-0.39, 0.29) is 17.9 Å². The van der Waals surface area contributed by atoms with Crippen molar-refractivity contribution >= 4 is 29.1 Å². The van der Waals surface area contributed by atoms with Crippen LogP contribution in [0.4, 0.5) is 18.9 Å². The van der Waals surface area contributed by atoms with Gasteiger partial charge < -0.3 is 19.8 Å². The van der Waals surface area contributed by atoms with Crippen molar-refractivity contribution in [3.05, 3.63) is 47.8 Å². The average Bonchev–Trinajstić information content (AvgIpc) is 3.04. The zero-order valence-corrected chi connectivity index (χ0v) is 14.8. The number of anilines is 1. The Kier molecular flexibility index (Phi) is 5.86. The van der Waals surface area contributed by atoms with Crippen molar-refractivity contribution < 1.29 is 22.6 Å². The Morgan fingerprint density at radius 2 is 1.73 bits per heavy atom. The molecule has 0 fully saturated rings. The van der Waals surface area contributed by atoms with E-state index in [9.17, 15) is 13.2 Å². The van der Waals surface area contributed by atoms with Gasteiger partial charge in [0.25, 0.3) is 0 Å². The summed E-state index contributed by atoms with van der Waals surface area (Å²) in [6.45, 7) is 0.376. The van der Waals surface area contributed by atoms with Crippen LogP contribution in [0.2, 0.25) is 0 Å². The molecule has 1 heterocycles. The van der Waals surface area contributed by atoms with Gasteiger partial charge in [0.15, 0.2) is 0 Å². The molecule has 0 radical (unpaired) electrons. The van der Waals surface area contributed by atoms with E-state index in [4.69, 9.17) is 9.47 Å². The number of fused-ring (bicyclic) bond motifs is 1. The van der Waals surface area contributed by atoms with Gasteiger partial charge >= 0.3 is 6.18 Å². The van der Waals surface area contributed by atoms with Crippen LogP contribution in [0.5, 0.6) is 11.5 Å². The minimum Gasteiger partial charge on any atom is -0.497 e. The van der Waals surface area contributed by atoms with Crippen molar-refractivity contribution in [2.75, 3.05) is 19.5 Å². The first-order chi connectivity index (χ1) is 11.9. The lowest BCUT2D eigenvalue weighted by molar-refractivity contribution is -0.144. The molecule has 0 spiro atoms. The maximum atomic E-state index is 12.8. The van der Waals surface area contributed by atoms with Crippen molar-refractivity contribution in [1.29, 1.82) is 0 Å². The summed E-state index contributed by atoms with van der Waals surface area (Å²) >= 11 is 0. The molecule has 5 nitrogen and oxygen atoms in total. The monoisotopic (exact) mass is 387 g/mol. The van der Waals surface area contributed by atoms with Crippen LogP contribution in [-0.4, -0.2) is 24.2 Å². The molecule has 3 aromatic rings. The summed E-state index contributed by atoms with van der Waals surface area (Å²) in [6.07, 6.45) is -4.52. The molecule has 0 bridgehead atoms. The fraction of sp³-hybridized carbons (Fsp3) is 0.235. The van der Waals surface area contributed by atoms with E-state index in [2.05, 4.69) is 15.3 Å². The maximum Gasteiger partial charge on any atom is 0.449 e. The molecule has 140 valence electrons. The van der Waals surface area contributed by atoms with E-state index in [0.29, 0.717) is 29.2 Å². The first-order valence-corrected chi connectivity index (χ1v) is 7.42. The van der Waals surface area contributed by atoms with Crippen molar-refractivity contribution in [2.45, 2.75) is 12.7 Å². The summed E-state index contributed by atoms with van der Waals surface area (Å²) in [4.78, 5) is 5.97. The topological polar surface area (TPSA) is 59.2 Å². The quantitative estimate of drug-likeness (QED) is 0.670. The van der Waals surface area contributed by atoms with E-state index < -0.39 is 12.0 Å². The zero-order valence-electron chi connectivity index (χ0n) is 14.0. The number of halogens is 4. The lowest BCUT2D eigenvalue weighted by Gasteiger charge is -2.10. The second-order valence-electron chi connectivity index (χ2n) is 5.36. The molecule has 9 heteroatoms. The van der Waals surface area contributed by atoms with Gasteiger partial charge in [-0.25, -0.2) is 4.98 Å². The van der Waals surface area contributed by atoms with Gasteiger partial charge in [0.1, 0.15) is 17.0 Å². The molecular weight excluding hydrogens is 371 g/mol. The highest BCUT2D eigenvalue weighted by Crippen LogP contribution is 2.31. The number of ether oxygens (including phenoxy) is 2. The van der Waals surface area contributed by atoms with Gasteiger partial charge in [-0.2, -0.15) is 13.2 Å². The number of hydrogen-bond donors (Lipinski definition) is 2. The van der Waals surface area contributed by atoms with Crippen LogP contribution in [0.15, 0.2) is 36.4 Å². The Morgan fingerprint density at radius 3 is 2.31 bits per heavy atom. The molecule has 1 aromatic heterocycles. The number of nitrogens with zero attached hydrogens (tertiary/aromatic N) is 1. The summed E-state index contributed by atoms with van der Waals surface area (Å²) in [5, 5.41) is 3.11. The Morgan fingerprint density at radius 1 is 1.08 bits per heavy atom. The van der Waals surface area contributed by atoms with Crippen LogP contribution in [-0.2, 0) is 12.7 Å². The number of alkyl halides is 3. The Labute approximate surface area is 153 Å². The van der Waals surface area contributed by atoms with Gasteiger partial charge in [-0.3, -0.25) is 0 Å². The maximum absolute atomic E-state index is 12.8. The summed E-state index contributed by atoms with van der Waals surface area (Å²) < 4.78 is 48.9. The lowest BCUT2D eigenvalue weighted by Crippen LogP contribution is -2.07. The van der Waals surface area contributed by atoms with E-state index in [1.165, 1.54) is 0 Å². The number of rotatable bonds is 5. The second-order valence-corrected chi connectivity index (χ2v) is 5.36. The predicted molar refractivity (Wildman–Crippen MR) is 95.2 cm³/mol. The fourth-order valence-corrected chi connectivity index (χ4v) is 2.47. The number of aromatic nitrogens is 2. The third-order valence-corrected chi connectivity index (χ3v) is 3.68. The molecule has 0 aliphatic rings. The van der Waals surface area contributed by atoms with Gasteiger partial charge in [0, 0.05) is 12.6 Å². The van der Waals surface area contributed by atoms with Crippen LogP contribution < -0.4 is 14.8 Å². The molecule has 0 unspecified atom stereocenters. The third-order valence-electron chi connectivity index (χ3n) is 3.68. The minimum atomic E-state index is -4.52. The normalized spacial score (nSPS) is 11.1. The average molecular weight is 388 g/mol. The lowest BCUT2D eigenvalue weighted by atomic mass is 10.2. The molecule has 0 atom stereocenters. The van der Waals surface area contributed by atoms with Crippen molar-refractivity contribution in [3.63, 3.8) is 0 Å². The Bertz CT molecular complexity index is 874. The van der Waals surface area contributed by atoms with Crippen molar-refractivity contribution in [1.82, 2.24) is 9.97 Å². The molecular formula is C17H17ClF3N3O2. The molecule has 2 aromatic carbocycles. The predicted octanol–water partition coefficient (Wildman–Crippen LogP) is 4.63. The van der Waals surface area contributed by atoms with Crippen LogP contribution >= 0.6 is 12.4 Å². The SMILES string of the molecule is COc1cc(CNc2cccc3[nH]c(C(F)(F)F)nc23)cc(OC)c1.Cl. The fourth-order valence-electron chi connectivity index (χ4n) is 2.47. The first-order valence-electron chi connectivity index (χ1n) is 7.42. The van der Waals surface area contributed by atoms with E-state index >= 15 is 0 Å². The summed E-state index contributed by atoms with van der Waals surface area (Å²) in [5.74, 6) is 0.252. The molecule has 0 saturated carbocycles. The highest BCUT2D eigenvalue weighted by molar-refractivity contribution is 5.88. The molecule has 0 aliphatic heterocycles. The zero-order chi connectivity index (χ0) is 18.0. The number of H-pyrrole nitrogens is 1. The second kappa shape index (κ2) is 7.74. The number of methoxy groups -OCH3 is 2. The highest BCUT2D eigenvalue weighted by Gasteiger charge is 2.35. The summed E-state index contributed by atoms with van der Waals surface area (Å²) in [5.41, 5.74) is 1.93. The minimum absolute atomic E-state index is 0. The van der Waals surface area contributed by atoms with Crippen LogP contribution in [0.1, 0.15) is 11.4 Å². The molecule has 3 rings (SSSR count). The summed E-state index contributed by atoms with van der Waals surface area (Å²) in [7, 11) is 3.10. The number of para-hydroxylation sites is 1. The van der Waals surface area contributed by atoms with E-state index in [1.807, 2.05) is 12.1 Å². The molecule has 2 N–H and O–H groups in total. The third kappa shape index (κ3) is 4.13. The summed E-state index contributed by atoms with van der Waals surface area (Å²) in [6, 6.07) is 10.3. The van der Waals surface area contributed by atoms with Crippen LogP contribution in [0.25, 0.3) is 11.0 Å². The standard InChI is InChI=1S/C17H16F3N3O2.ClH/c1-24-11-6-10(7-12(8-11)25-2)9-21-13-4-3-5-14-15(13)23-16(22-14)17(18,19)20;/h3-8,21H,9H2,1-2H3,(H,22,23);1H. The number of nitrogens with one attached hydrogen (secondary N) is 2. The Balaban J connectivity index is 0.00000243. The molecule has 26 heavy (non-hydrogen) atoms.